The van der Waals surface area contributed by atoms with Crippen LogP contribution < -0.4 is 10.6 Å². The molecule has 1 saturated heterocycles. The van der Waals surface area contributed by atoms with Crippen molar-refractivity contribution in [3.63, 3.8) is 0 Å². The van der Waals surface area contributed by atoms with E-state index in [1.165, 1.54) is 11.3 Å². The van der Waals surface area contributed by atoms with E-state index in [9.17, 15) is 9.59 Å². The summed E-state index contributed by atoms with van der Waals surface area (Å²) < 4.78 is 5.58. The number of hydrogen-bond donors (Lipinski definition) is 2. The molecule has 2 aromatic rings. The second-order valence-corrected chi connectivity index (χ2v) is 8.56. The van der Waals surface area contributed by atoms with Gasteiger partial charge in [-0.1, -0.05) is 17.7 Å². The average Bonchev–Trinajstić information content (AvgIpc) is 3.35. The summed E-state index contributed by atoms with van der Waals surface area (Å²) in [5.74, 6) is -0.407. The first-order chi connectivity index (χ1) is 13.6. The van der Waals surface area contributed by atoms with E-state index in [1.807, 2.05) is 19.1 Å². The van der Waals surface area contributed by atoms with Crippen molar-refractivity contribution < 1.29 is 14.3 Å². The Bertz CT molecular complexity index is 856. The van der Waals surface area contributed by atoms with Crippen molar-refractivity contribution in [2.75, 3.05) is 18.5 Å². The van der Waals surface area contributed by atoms with Gasteiger partial charge in [0.15, 0.2) is 5.13 Å². The van der Waals surface area contributed by atoms with Crippen LogP contribution in [0.1, 0.15) is 58.1 Å². The Morgan fingerprint density at radius 1 is 1.21 bits per heavy atom. The number of fused-ring (bicyclic) bond motifs is 1. The molecular weight excluding hydrogens is 374 g/mol. The summed E-state index contributed by atoms with van der Waals surface area (Å²) in [5.41, 5.74) is 2.53. The Morgan fingerprint density at radius 2 is 2.04 bits per heavy atom. The SMILES string of the molecule is Cc1ccc(C(=O)Nc2nc3c(s2)CCCC3C(=O)NCC2CCCO2)cc1. The number of benzene rings is 1. The number of ether oxygens (including phenoxy) is 1. The molecule has 6 nitrogen and oxygen atoms in total. The van der Waals surface area contributed by atoms with E-state index >= 15 is 0 Å². The van der Waals surface area contributed by atoms with E-state index in [2.05, 4.69) is 15.6 Å². The van der Waals surface area contributed by atoms with Crippen LogP contribution in [0.25, 0.3) is 0 Å². The summed E-state index contributed by atoms with van der Waals surface area (Å²) in [7, 11) is 0. The maximum absolute atomic E-state index is 12.7. The van der Waals surface area contributed by atoms with E-state index in [1.54, 1.807) is 12.1 Å². The second kappa shape index (κ2) is 8.41. The molecule has 1 fully saturated rings. The Balaban J connectivity index is 1.43. The Hall–Kier alpha value is -2.25. The third-order valence-electron chi connectivity index (χ3n) is 5.33. The van der Waals surface area contributed by atoms with Crippen molar-refractivity contribution in [2.24, 2.45) is 0 Å². The summed E-state index contributed by atoms with van der Waals surface area (Å²) in [6.45, 7) is 3.33. The van der Waals surface area contributed by atoms with Crippen LogP contribution >= 0.6 is 11.3 Å². The minimum atomic E-state index is -0.244. The molecular formula is C21H25N3O3S. The lowest BCUT2D eigenvalue weighted by molar-refractivity contribution is -0.123. The van der Waals surface area contributed by atoms with Crippen LogP contribution in [0, 0.1) is 6.92 Å². The topological polar surface area (TPSA) is 80.3 Å². The highest BCUT2D eigenvalue weighted by Gasteiger charge is 2.31. The van der Waals surface area contributed by atoms with Gasteiger partial charge in [-0.3, -0.25) is 14.9 Å². The van der Waals surface area contributed by atoms with Gasteiger partial charge in [0.25, 0.3) is 5.91 Å². The zero-order chi connectivity index (χ0) is 19.5. The number of nitrogens with zero attached hydrogens (tertiary/aromatic N) is 1. The molecule has 1 aliphatic carbocycles. The van der Waals surface area contributed by atoms with Gasteiger partial charge in [0.1, 0.15) is 0 Å². The maximum atomic E-state index is 12.7. The number of aromatic nitrogens is 1. The molecule has 0 saturated carbocycles. The van der Waals surface area contributed by atoms with E-state index in [0.29, 0.717) is 17.2 Å². The smallest absolute Gasteiger partial charge is 0.257 e. The molecule has 0 bridgehead atoms. The average molecular weight is 400 g/mol. The van der Waals surface area contributed by atoms with E-state index < -0.39 is 0 Å². The molecule has 28 heavy (non-hydrogen) atoms. The molecule has 1 aromatic carbocycles. The number of amides is 2. The van der Waals surface area contributed by atoms with Crippen LogP contribution in [0.4, 0.5) is 5.13 Å². The van der Waals surface area contributed by atoms with Crippen molar-refractivity contribution in [1.82, 2.24) is 10.3 Å². The van der Waals surface area contributed by atoms with Crippen LogP contribution in [0.5, 0.6) is 0 Å². The van der Waals surface area contributed by atoms with Crippen LogP contribution in [0.15, 0.2) is 24.3 Å². The molecule has 1 aromatic heterocycles. The number of thiazole rings is 1. The predicted molar refractivity (Wildman–Crippen MR) is 109 cm³/mol. The highest BCUT2D eigenvalue weighted by molar-refractivity contribution is 7.15. The van der Waals surface area contributed by atoms with Crippen LogP contribution in [0.3, 0.4) is 0 Å². The van der Waals surface area contributed by atoms with Crippen molar-refractivity contribution in [2.45, 2.75) is 51.0 Å². The van der Waals surface area contributed by atoms with E-state index in [-0.39, 0.29) is 23.8 Å². The van der Waals surface area contributed by atoms with Crippen molar-refractivity contribution >= 4 is 28.3 Å². The van der Waals surface area contributed by atoms with Gasteiger partial charge < -0.3 is 10.1 Å². The van der Waals surface area contributed by atoms with Crippen LogP contribution in [-0.2, 0) is 16.0 Å². The lowest BCUT2D eigenvalue weighted by Crippen LogP contribution is -2.36. The number of nitrogens with one attached hydrogen (secondary N) is 2. The summed E-state index contributed by atoms with van der Waals surface area (Å²) in [5, 5.41) is 6.48. The summed E-state index contributed by atoms with van der Waals surface area (Å²) in [6.07, 6.45) is 4.85. The molecule has 2 amide bonds. The summed E-state index contributed by atoms with van der Waals surface area (Å²) >= 11 is 1.48. The first kappa shape index (κ1) is 19.1. The van der Waals surface area contributed by atoms with Gasteiger partial charge in [0.2, 0.25) is 5.91 Å². The van der Waals surface area contributed by atoms with Crippen molar-refractivity contribution in [1.29, 1.82) is 0 Å². The number of rotatable bonds is 5. The quantitative estimate of drug-likeness (QED) is 0.807. The minimum absolute atomic E-state index is 0.0122. The largest absolute Gasteiger partial charge is 0.376 e. The highest BCUT2D eigenvalue weighted by atomic mass is 32.1. The normalized spacial score (nSPS) is 21.2. The Labute approximate surface area is 168 Å². The summed E-state index contributed by atoms with van der Waals surface area (Å²) in [6, 6.07) is 7.44. The van der Waals surface area contributed by atoms with Crippen LogP contribution in [-0.4, -0.2) is 36.1 Å². The molecule has 148 valence electrons. The van der Waals surface area contributed by atoms with Gasteiger partial charge in [0.05, 0.1) is 17.7 Å². The monoisotopic (exact) mass is 399 g/mol. The molecule has 2 atom stereocenters. The fourth-order valence-electron chi connectivity index (χ4n) is 3.74. The summed E-state index contributed by atoms with van der Waals surface area (Å²) in [4.78, 5) is 30.9. The van der Waals surface area contributed by atoms with Crippen molar-refractivity contribution in [3.05, 3.63) is 46.0 Å². The lowest BCUT2D eigenvalue weighted by Gasteiger charge is -2.21. The molecule has 0 radical (unpaired) electrons. The van der Waals surface area contributed by atoms with Gasteiger partial charge in [-0.2, -0.15) is 0 Å². The lowest BCUT2D eigenvalue weighted by atomic mass is 9.90. The highest BCUT2D eigenvalue weighted by Crippen LogP contribution is 2.37. The number of carbonyl (C=O) groups excluding carboxylic acids is 2. The Kier molecular flexibility index (Phi) is 5.73. The third-order valence-corrected chi connectivity index (χ3v) is 6.38. The van der Waals surface area contributed by atoms with Gasteiger partial charge in [-0.25, -0.2) is 4.98 Å². The molecule has 2 heterocycles. The minimum Gasteiger partial charge on any atom is -0.376 e. The maximum Gasteiger partial charge on any atom is 0.257 e. The first-order valence-electron chi connectivity index (χ1n) is 9.87. The predicted octanol–water partition coefficient (Wildman–Crippen LogP) is 3.42. The second-order valence-electron chi connectivity index (χ2n) is 7.47. The van der Waals surface area contributed by atoms with E-state index in [4.69, 9.17) is 4.74 Å². The molecule has 2 aliphatic rings. The molecule has 0 spiro atoms. The zero-order valence-electron chi connectivity index (χ0n) is 16.0. The van der Waals surface area contributed by atoms with Gasteiger partial charge in [0, 0.05) is 23.6 Å². The third kappa shape index (κ3) is 4.25. The Morgan fingerprint density at radius 3 is 2.79 bits per heavy atom. The standard InChI is InChI=1S/C21H25N3O3S/c1-13-7-9-14(10-8-13)19(25)24-21-23-18-16(5-2-6-17(18)28-21)20(26)22-12-15-4-3-11-27-15/h7-10,15-16H,2-6,11-12H2,1H3,(H,22,26)(H,23,24,25). The van der Waals surface area contributed by atoms with Gasteiger partial charge in [-0.15, -0.1) is 11.3 Å². The van der Waals surface area contributed by atoms with E-state index in [0.717, 1.165) is 54.8 Å². The molecule has 2 N–H and O–H groups in total. The van der Waals surface area contributed by atoms with Gasteiger partial charge >= 0.3 is 0 Å². The molecule has 4 rings (SSSR count). The fourth-order valence-corrected chi connectivity index (χ4v) is 4.80. The zero-order valence-corrected chi connectivity index (χ0v) is 16.8. The molecule has 1 aliphatic heterocycles. The van der Waals surface area contributed by atoms with Crippen LogP contribution in [0.2, 0.25) is 0 Å². The first-order valence-corrected chi connectivity index (χ1v) is 10.7. The number of anilines is 1. The fraction of sp³-hybridized carbons (Fsp3) is 0.476. The van der Waals surface area contributed by atoms with Crippen molar-refractivity contribution in [3.8, 4) is 0 Å². The number of hydrogen-bond acceptors (Lipinski definition) is 5. The number of carbonyl (C=O) groups is 2. The molecule has 2 unspecified atom stereocenters. The number of aryl methyl sites for hydroxylation is 2. The van der Waals surface area contributed by atoms with Gasteiger partial charge in [-0.05, 0) is 51.2 Å². The molecule has 7 heteroatoms.